The molecule has 0 fully saturated rings. The molecule has 0 heterocycles. The van der Waals surface area contributed by atoms with Gasteiger partial charge in [0.05, 0.1) is 26.4 Å². The average molecular weight is 391 g/mol. The van der Waals surface area contributed by atoms with Gasteiger partial charge in [0, 0.05) is 6.42 Å². The van der Waals surface area contributed by atoms with E-state index < -0.39 is 6.67 Å². The number of ether oxygens (including phenoxy) is 3. The number of hydrogen-bond acceptors (Lipinski definition) is 4. The van der Waals surface area contributed by atoms with Crippen molar-refractivity contribution in [3.05, 3.63) is 0 Å². The van der Waals surface area contributed by atoms with Crippen molar-refractivity contribution >= 4 is 5.97 Å². The highest BCUT2D eigenvalue weighted by Crippen LogP contribution is 2.13. The second-order valence-electron chi connectivity index (χ2n) is 7.13. The Labute approximate surface area is 166 Å². The van der Waals surface area contributed by atoms with E-state index in [1.54, 1.807) is 0 Å². The molecule has 4 nitrogen and oxygen atoms in total. The van der Waals surface area contributed by atoms with E-state index in [-0.39, 0.29) is 19.2 Å². The quantitative estimate of drug-likeness (QED) is 0.168. The maximum Gasteiger partial charge on any atom is 0.305 e. The molecule has 0 bridgehead atoms. The summed E-state index contributed by atoms with van der Waals surface area (Å²) in [4.78, 5) is 11.6. The van der Waals surface area contributed by atoms with Crippen LogP contribution in [0.1, 0.15) is 96.8 Å². The average Bonchev–Trinajstić information content (AvgIpc) is 2.67. The number of carbonyl (C=O) groups excluding carboxylic acids is 1. The normalized spacial score (nSPS) is 11.0. The Balaban J connectivity index is 3.12. The smallest absolute Gasteiger partial charge is 0.305 e. The molecule has 0 aliphatic rings. The van der Waals surface area contributed by atoms with Crippen LogP contribution in [0.15, 0.2) is 0 Å². The third kappa shape index (κ3) is 23.3. The first kappa shape index (κ1) is 26.3. The predicted molar refractivity (Wildman–Crippen MR) is 109 cm³/mol. The van der Waals surface area contributed by atoms with Gasteiger partial charge in [0.2, 0.25) is 0 Å². The molecule has 0 radical (unpaired) electrons. The fourth-order valence-electron chi connectivity index (χ4n) is 2.95. The molecule has 0 saturated carbocycles. The maximum atomic E-state index is 11.8. The number of alkyl halides is 1. The van der Waals surface area contributed by atoms with Gasteiger partial charge >= 0.3 is 5.97 Å². The zero-order chi connectivity index (χ0) is 19.8. The van der Waals surface area contributed by atoms with E-state index >= 15 is 0 Å². The van der Waals surface area contributed by atoms with E-state index in [9.17, 15) is 9.18 Å². The summed E-state index contributed by atoms with van der Waals surface area (Å²) in [5.74, 6) is -0.143. The summed E-state index contributed by atoms with van der Waals surface area (Å²) < 4.78 is 27.0. The highest BCUT2D eigenvalue weighted by Gasteiger charge is 2.02. The minimum Gasteiger partial charge on any atom is -0.463 e. The molecule has 0 rings (SSSR count). The van der Waals surface area contributed by atoms with Gasteiger partial charge in [-0.3, -0.25) is 4.79 Å². The minimum absolute atomic E-state index is 0.109. The first-order valence-corrected chi connectivity index (χ1v) is 11.2. The lowest BCUT2D eigenvalue weighted by Gasteiger charge is -2.06. The predicted octanol–water partition coefficient (Wildman–Crippen LogP) is 6.01. The van der Waals surface area contributed by atoms with Crippen LogP contribution in [0, 0.1) is 0 Å². The molecular formula is C22H43FO4. The van der Waals surface area contributed by atoms with Gasteiger partial charge in [0.15, 0.2) is 0 Å². The molecule has 0 aromatic carbocycles. The number of halogens is 1. The summed E-state index contributed by atoms with van der Waals surface area (Å²) in [7, 11) is 0. The van der Waals surface area contributed by atoms with Gasteiger partial charge < -0.3 is 14.2 Å². The van der Waals surface area contributed by atoms with E-state index in [1.807, 2.05) is 0 Å². The largest absolute Gasteiger partial charge is 0.463 e. The van der Waals surface area contributed by atoms with Crippen LogP contribution in [0.3, 0.4) is 0 Å². The molecule has 5 heteroatoms. The zero-order valence-corrected chi connectivity index (χ0v) is 17.7. The van der Waals surface area contributed by atoms with Crippen LogP contribution in [-0.4, -0.2) is 45.7 Å². The van der Waals surface area contributed by atoms with Gasteiger partial charge in [-0.25, -0.2) is 4.39 Å². The van der Waals surface area contributed by atoms with E-state index in [1.165, 1.54) is 70.6 Å². The Bertz CT molecular complexity index is 300. The van der Waals surface area contributed by atoms with Gasteiger partial charge in [0.1, 0.15) is 13.3 Å². The zero-order valence-electron chi connectivity index (χ0n) is 17.7. The number of rotatable bonds is 22. The summed E-state index contributed by atoms with van der Waals surface area (Å²) in [6, 6.07) is 0. The lowest BCUT2D eigenvalue weighted by molar-refractivity contribution is -0.145. The van der Waals surface area contributed by atoms with Crippen molar-refractivity contribution < 1.29 is 23.4 Å². The number of hydrogen-bond donors (Lipinski definition) is 0. The monoisotopic (exact) mass is 390 g/mol. The van der Waals surface area contributed by atoms with Gasteiger partial charge in [-0.1, -0.05) is 84.0 Å². The van der Waals surface area contributed by atoms with E-state index in [0.717, 1.165) is 12.8 Å². The standard InChI is InChI=1S/C22H43FO4/c1-2-3-4-5-6-7-8-9-10-11-12-13-14-15-22(24)27-21-20-26-19-18-25-17-16-23/h2-21H2,1H3. The molecule has 0 aliphatic heterocycles. The molecular weight excluding hydrogens is 347 g/mol. The Morgan fingerprint density at radius 3 is 1.59 bits per heavy atom. The van der Waals surface area contributed by atoms with Crippen molar-refractivity contribution in [1.82, 2.24) is 0 Å². The van der Waals surface area contributed by atoms with E-state index in [0.29, 0.717) is 26.2 Å². The van der Waals surface area contributed by atoms with Crippen molar-refractivity contribution in [2.45, 2.75) is 96.8 Å². The summed E-state index contributed by atoms with van der Waals surface area (Å²) >= 11 is 0. The second-order valence-corrected chi connectivity index (χ2v) is 7.13. The van der Waals surface area contributed by atoms with Crippen molar-refractivity contribution in [3.8, 4) is 0 Å². The molecule has 0 N–H and O–H groups in total. The molecule has 0 aromatic rings. The van der Waals surface area contributed by atoms with Crippen molar-refractivity contribution in [2.75, 3.05) is 39.7 Å². The second kappa shape index (κ2) is 23.4. The fourth-order valence-corrected chi connectivity index (χ4v) is 2.95. The van der Waals surface area contributed by atoms with Crippen LogP contribution >= 0.6 is 0 Å². The Kier molecular flexibility index (Phi) is 22.8. The van der Waals surface area contributed by atoms with Crippen LogP contribution < -0.4 is 0 Å². The minimum atomic E-state index is -0.475. The van der Waals surface area contributed by atoms with Gasteiger partial charge in [-0.15, -0.1) is 0 Å². The molecule has 0 spiro atoms. The third-order valence-corrected chi connectivity index (χ3v) is 4.57. The first-order valence-electron chi connectivity index (χ1n) is 11.2. The van der Waals surface area contributed by atoms with Gasteiger partial charge in [-0.2, -0.15) is 0 Å². The summed E-state index contributed by atoms with van der Waals surface area (Å²) in [6.07, 6.45) is 17.4. The van der Waals surface area contributed by atoms with Gasteiger partial charge in [-0.05, 0) is 6.42 Å². The third-order valence-electron chi connectivity index (χ3n) is 4.57. The Morgan fingerprint density at radius 1 is 0.630 bits per heavy atom. The van der Waals surface area contributed by atoms with Crippen molar-refractivity contribution in [3.63, 3.8) is 0 Å². The molecule has 27 heavy (non-hydrogen) atoms. The van der Waals surface area contributed by atoms with Gasteiger partial charge in [0.25, 0.3) is 0 Å². The molecule has 0 atom stereocenters. The first-order chi connectivity index (χ1) is 13.3. The maximum absolute atomic E-state index is 11.8. The summed E-state index contributed by atoms with van der Waals surface area (Å²) in [6.45, 7) is 3.31. The van der Waals surface area contributed by atoms with Crippen molar-refractivity contribution in [2.24, 2.45) is 0 Å². The fraction of sp³-hybridized carbons (Fsp3) is 0.955. The molecule has 162 valence electrons. The van der Waals surface area contributed by atoms with Crippen molar-refractivity contribution in [1.29, 1.82) is 0 Å². The molecule has 0 amide bonds. The lowest BCUT2D eigenvalue weighted by Crippen LogP contribution is -2.13. The van der Waals surface area contributed by atoms with Crippen LogP contribution in [0.5, 0.6) is 0 Å². The van der Waals surface area contributed by atoms with Crippen LogP contribution in [-0.2, 0) is 19.0 Å². The van der Waals surface area contributed by atoms with E-state index in [2.05, 4.69) is 6.92 Å². The molecule has 0 aliphatic carbocycles. The summed E-state index contributed by atoms with van der Waals surface area (Å²) in [5, 5.41) is 0. The van der Waals surface area contributed by atoms with Crippen LogP contribution in [0.4, 0.5) is 4.39 Å². The Hall–Kier alpha value is -0.680. The topological polar surface area (TPSA) is 44.8 Å². The SMILES string of the molecule is CCCCCCCCCCCCCCCC(=O)OCCOCCOCCF. The summed E-state index contributed by atoms with van der Waals surface area (Å²) in [5.41, 5.74) is 0. The highest BCUT2D eigenvalue weighted by molar-refractivity contribution is 5.69. The molecule has 0 aromatic heterocycles. The number of esters is 1. The van der Waals surface area contributed by atoms with Crippen LogP contribution in [0.25, 0.3) is 0 Å². The molecule has 0 saturated heterocycles. The van der Waals surface area contributed by atoms with Crippen LogP contribution in [0.2, 0.25) is 0 Å². The Morgan fingerprint density at radius 2 is 1.07 bits per heavy atom. The highest BCUT2D eigenvalue weighted by atomic mass is 19.1. The lowest BCUT2D eigenvalue weighted by atomic mass is 10.0. The van der Waals surface area contributed by atoms with E-state index in [4.69, 9.17) is 14.2 Å². The molecule has 0 unspecified atom stereocenters. The number of carbonyl (C=O) groups is 1. The number of unbranched alkanes of at least 4 members (excludes halogenated alkanes) is 12.